The molecule has 1 N–H and O–H groups in total. The molecule has 0 bridgehead atoms. The van der Waals surface area contributed by atoms with Gasteiger partial charge in [0, 0.05) is 25.7 Å². The van der Waals surface area contributed by atoms with Gasteiger partial charge in [-0.1, -0.05) is 17.8 Å². The lowest BCUT2D eigenvalue weighted by Gasteiger charge is -2.36. The molecule has 1 aromatic carbocycles. The van der Waals surface area contributed by atoms with Crippen molar-refractivity contribution in [2.24, 2.45) is 0 Å². The van der Waals surface area contributed by atoms with E-state index in [1.165, 1.54) is 11.8 Å². The third kappa shape index (κ3) is 5.10. The highest BCUT2D eigenvalue weighted by molar-refractivity contribution is 7.99. The van der Waals surface area contributed by atoms with Crippen LogP contribution in [0, 0.1) is 0 Å². The van der Waals surface area contributed by atoms with Crippen LogP contribution >= 0.6 is 11.8 Å². The minimum atomic E-state index is -0.0542. The number of ether oxygens (including phenoxy) is 3. The number of thioether (sulfide) groups is 1. The number of fused-ring (bicyclic) bond motifs is 1. The van der Waals surface area contributed by atoms with Crippen LogP contribution in [0.5, 0.6) is 11.5 Å². The van der Waals surface area contributed by atoms with Crippen LogP contribution in [-0.2, 0) is 16.1 Å². The summed E-state index contributed by atoms with van der Waals surface area (Å²) in [5.41, 5.74) is 0.965. The molecule has 0 spiro atoms. The molecule has 0 radical (unpaired) electrons. The van der Waals surface area contributed by atoms with E-state index in [0.29, 0.717) is 12.3 Å². The molecule has 1 fully saturated rings. The maximum absolute atomic E-state index is 12.2. The molecule has 29 heavy (non-hydrogen) atoms. The molecule has 0 saturated carbocycles. The zero-order valence-electron chi connectivity index (χ0n) is 16.5. The van der Waals surface area contributed by atoms with Crippen LogP contribution in [-0.4, -0.2) is 53.7 Å². The normalized spacial score (nSPS) is 20.6. The number of hydrogen-bond donors (Lipinski definition) is 1. The van der Waals surface area contributed by atoms with Crippen molar-refractivity contribution in [3.05, 3.63) is 36.2 Å². The van der Waals surface area contributed by atoms with Crippen LogP contribution in [0.4, 0.5) is 5.82 Å². The van der Waals surface area contributed by atoms with Crippen LogP contribution in [0.3, 0.4) is 0 Å². The molecule has 154 valence electrons. The number of rotatable bonds is 6. The van der Waals surface area contributed by atoms with E-state index in [4.69, 9.17) is 14.2 Å². The first-order chi connectivity index (χ1) is 14.1. The minimum absolute atomic E-state index is 0.0542. The summed E-state index contributed by atoms with van der Waals surface area (Å²) in [5, 5.41) is 3.70. The first kappa shape index (κ1) is 19.8. The van der Waals surface area contributed by atoms with Gasteiger partial charge >= 0.3 is 0 Å². The number of nitrogens with zero attached hydrogens (tertiary/aromatic N) is 3. The van der Waals surface area contributed by atoms with Gasteiger partial charge in [-0.15, -0.1) is 0 Å². The van der Waals surface area contributed by atoms with Crippen molar-refractivity contribution in [3.8, 4) is 11.5 Å². The van der Waals surface area contributed by atoms with Crippen LogP contribution < -0.4 is 19.7 Å². The summed E-state index contributed by atoms with van der Waals surface area (Å²) < 4.78 is 16.4. The molecule has 2 aliphatic rings. The Morgan fingerprint density at radius 2 is 1.97 bits per heavy atom. The van der Waals surface area contributed by atoms with Gasteiger partial charge in [0.1, 0.15) is 17.2 Å². The van der Waals surface area contributed by atoms with Gasteiger partial charge in [-0.3, -0.25) is 4.79 Å². The highest BCUT2D eigenvalue weighted by atomic mass is 32.2. The molecule has 2 unspecified atom stereocenters. The molecule has 4 rings (SSSR count). The number of benzene rings is 1. The van der Waals surface area contributed by atoms with Gasteiger partial charge in [-0.25, -0.2) is 9.97 Å². The molecular formula is C20H24N4O4S. The van der Waals surface area contributed by atoms with Crippen LogP contribution in [0.15, 0.2) is 35.6 Å². The van der Waals surface area contributed by atoms with Gasteiger partial charge in [0.2, 0.25) is 12.7 Å². The molecule has 1 amide bonds. The molecule has 3 heterocycles. The Labute approximate surface area is 174 Å². The van der Waals surface area contributed by atoms with E-state index in [2.05, 4.69) is 34.0 Å². The molecule has 1 saturated heterocycles. The lowest BCUT2D eigenvalue weighted by molar-refractivity contribution is -0.118. The van der Waals surface area contributed by atoms with E-state index >= 15 is 0 Å². The first-order valence-electron chi connectivity index (χ1n) is 9.57. The third-order valence-electron chi connectivity index (χ3n) is 4.65. The summed E-state index contributed by atoms with van der Waals surface area (Å²) in [4.78, 5) is 23.1. The number of carbonyl (C=O) groups is 1. The summed E-state index contributed by atoms with van der Waals surface area (Å²) in [7, 11) is 0. The summed E-state index contributed by atoms with van der Waals surface area (Å²) in [6, 6.07) is 7.59. The standard InChI is InChI=1S/C20H24N4O4S/c1-13-8-24(9-14(2)28-13)18-6-20(23-11-22-18)29-10-19(25)21-7-15-3-4-16-17(5-15)27-12-26-16/h3-6,11,13-14H,7-10,12H2,1-2H3,(H,21,25). The fraction of sp³-hybridized carbons (Fsp3) is 0.450. The number of aromatic nitrogens is 2. The Morgan fingerprint density at radius 1 is 1.17 bits per heavy atom. The second kappa shape index (κ2) is 8.87. The Morgan fingerprint density at radius 3 is 2.79 bits per heavy atom. The number of morpholine rings is 1. The Kier molecular flexibility index (Phi) is 6.05. The first-order valence-corrected chi connectivity index (χ1v) is 10.6. The van der Waals surface area contributed by atoms with Crippen LogP contribution in [0.2, 0.25) is 0 Å². The predicted octanol–water partition coefficient (Wildman–Crippen LogP) is 2.23. The SMILES string of the molecule is CC1CN(c2cc(SCC(=O)NCc3ccc4c(c3)OCO4)ncn2)CC(C)O1. The van der Waals surface area contributed by atoms with Gasteiger partial charge in [0.05, 0.1) is 18.0 Å². The minimum Gasteiger partial charge on any atom is -0.454 e. The van der Waals surface area contributed by atoms with Crippen LogP contribution in [0.1, 0.15) is 19.4 Å². The molecule has 2 aliphatic heterocycles. The number of hydrogen-bond acceptors (Lipinski definition) is 8. The molecular weight excluding hydrogens is 392 g/mol. The maximum atomic E-state index is 12.2. The summed E-state index contributed by atoms with van der Waals surface area (Å²) in [5.74, 6) is 2.55. The fourth-order valence-electron chi connectivity index (χ4n) is 3.39. The third-order valence-corrected chi connectivity index (χ3v) is 5.57. The van der Waals surface area contributed by atoms with Crippen LogP contribution in [0.25, 0.3) is 0 Å². The van der Waals surface area contributed by atoms with Crippen molar-refractivity contribution in [1.29, 1.82) is 0 Å². The quantitative estimate of drug-likeness (QED) is 0.567. The largest absolute Gasteiger partial charge is 0.454 e. The molecule has 2 aromatic rings. The molecule has 1 aromatic heterocycles. The van der Waals surface area contributed by atoms with E-state index in [9.17, 15) is 4.79 Å². The summed E-state index contributed by atoms with van der Waals surface area (Å²) in [6.07, 6.45) is 1.87. The fourth-order valence-corrected chi connectivity index (χ4v) is 4.08. The Hall–Kier alpha value is -2.52. The van der Waals surface area contributed by atoms with E-state index in [0.717, 1.165) is 35.2 Å². The molecule has 8 nitrogen and oxygen atoms in total. The number of anilines is 1. The van der Waals surface area contributed by atoms with Gasteiger partial charge in [0.15, 0.2) is 11.5 Å². The zero-order valence-corrected chi connectivity index (χ0v) is 17.3. The van der Waals surface area contributed by atoms with Gasteiger partial charge in [0.25, 0.3) is 0 Å². The molecule has 2 atom stereocenters. The number of carbonyl (C=O) groups excluding carboxylic acids is 1. The van der Waals surface area contributed by atoms with Crippen molar-refractivity contribution in [2.75, 3.05) is 30.5 Å². The topological polar surface area (TPSA) is 85.8 Å². The number of nitrogens with one attached hydrogen (secondary N) is 1. The van der Waals surface area contributed by atoms with Crippen molar-refractivity contribution >= 4 is 23.5 Å². The van der Waals surface area contributed by atoms with E-state index in [1.54, 1.807) is 6.33 Å². The van der Waals surface area contributed by atoms with E-state index in [-0.39, 0.29) is 30.7 Å². The van der Waals surface area contributed by atoms with Gasteiger partial charge in [-0.2, -0.15) is 0 Å². The summed E-state index contributed by atoms with van der Waals surface area (Å²) >= 11 is 1.40. The lowest BCUT2D eigenvalue weighted by Crippen LogP contribution is -2.45. The monoisotopic (exact) mass is 416 g/mol. The van der Waals surface area contributed by atoms with Crippen molar-refractivity contribution < 1.29 is 19.0 Å². The van der Waals surface area contributed by atoms with E-state index in [1.807, 2.05) is 24.3 Å². The Balaban J connectivity index is 1.28. The Bertz CT molecular complexity index is 871. The van der Waals surface area contributed by atoms with Crippen molar-refractivity contribution in [3.63, 3.8) is 0 Å². The highest BCUT2D eigenvalue weighted by Crippen LogP contribution is 2.32. The summed E-state index contributed by atoms with van der Waals surface area (Å²) in [6.45, 7) is 6.39. The van der Waals surface area contributed by atoms with E-state index < -0.39 is 0 Å². The molecule has 9 heteroatoms. The zero-order chi connectivity index (χ0) is 20.2. The van der Waals surface area contributed by atoms with Gasteiger partial charge < -0.3 is 24.4 Å². The predicted molar refractivity (Wildman–Crippen MR) is 109 cm³/mol. The maximum Gasteiger partial charge on any atom is 0.231 e. The van der Waals surface area contributed by atoms with Crippen molar-refractivity contribution in [2.45, 2.75) is 37.6 Å². The van der Waals surface area contributed by atoms with Gasteiger partial charge in [-0.05, 0) is 31.5 Å². The van der Waals surface area contributed by atoms with Crippen molar-refractivity contribution in [1.82, 2.24) is 15.3 Å². The average molecular weight is 417 g/mol. The second-order valence-electron chi connectivity index (χ2n) is 7.13. The molecule has 0 aliphatic carbocycles. The lowest BCUT2D eigenvalue weighted by atomic mass is 10.2. The smallest absolute Gasteiger partial charge is 0.231 e. The number of amides is 1. The second-order valence-corrected chi connectivity index (χ2v) is 8.13. The highest BCUT2D eigenvalue weighted by Gasteiger charge is 2.23. The average Bonchev–Trinajstić information content (AvgIpc) is 3.18.